The van der Waals surface area contributed by atoms with E-state index in [-0.39, 0.29) is 23.0 Å². The number of hydrogen-bond acceptors (Lipinski definition) is 5. The quantitative estimate of drug-likeness (QED) is 0.701. The molecule has 4 rings (SSSR count). The average Bonchev–Trinajstić information content (AvgIpc) is 3.05. The molecule has 1 amide bonds. The van der Waals surface area contributed by atoms with E-state index in [9.17, 15) is 23.1 Å². The zero-order valence-electron chi connectivity index (χ0n) is 14.5. The van der Waals surface area contributed by atoms with E-state index < -0.39 is 24.1 Å². The van der Waals surface area contributed by atoms with Gasteiger partial charge in [0.05, 0.1) is 10.7 Å². The molecule has 4 heterocycles. The van der Waals surface area contributed by atoms with E-state index in [1.165, 1.54) is 0 Å². The second-order valence-electron chi connectivity index (χ2n) is 6.95. The topological polar surface area (TPSA) is 94.1 Å². The molecule has 0 radical (unpaired) electrons. The van der Waals surface area contributed by atoms with Gasteiger partial charge in [-0.1, -0.05) is 11.6 Å². The molecule has 0 saturated carbocycles. The molecule has 0 bridgehead atoms. The fourth-order valence-electron chi connectivity index (χ4n) is 3.87. The van der Waals surface area contributed by atoms with Crippen LogP contribution < -0.4 is 10.2 Å². The summed E-state index contributed by atoms with van der Waals surface area (Å²) in [6, 6.07) is 3.53. The Kier molecular flexibility index (Phi) is 4.70. The summed E-state index contributed by atoms with van der Waals surface area (Å²) in [5.41, 5.74) is 0.0859. The monoisotopic (exact) mass is 415 g/mol. The number of anilines is 2. The highest BCUT2D eigenvalue weighted by Crippen LogP contribution is 2.47. The number of alkyl halides is 3. The van der Waals surface area contributed by atoms with Gasteiger partial charge in [0.25, 0.3) is 5.91 Å². The Bertz CT molecular complexity index is 878. The molecule has 2 atom stereocenters. The van der Waals surface area contributed by atoms with Gasteiger partial charge in [0.15, 0.2) is 0 Å². The second-order valence-corrected chi connectivity index (χ2v) is 7.38. The number of carbonyl (C=O) groups is 1. The lowest BCUT2D eigenvalue weighted by atomic mass is 9.83. The van der Waals surface area contributed by atoms with E-state index in [4.69, 9.17) is 11.6 Å². The Balaban J connectivity index is 1.57. The van der Waals surface area contributed by atoms with Gasteiger partial charge in [-0.2, -0.15) is 18.3 Å². The Morgan fingerprint density at radius 2 is 1.96 bits per heavy atom. The van der Waals surface area contributed by atoms with Crippen molar-refractivity contribution >= 4 is 29.1 Å². The zero-order valence-corrected chi connectivity index (χ0v) is 15.3. The maximum atomic E-state index is 13.6. The molecule has 11 heteroatoms. The number of aliphatic hydroxyl groups excluding tert-OH is 1. The number of halogens is 4. The van der Waals surface area contributed by atoms with Crippen LogP contribution in [-0.4, -0.2) is 51.6 Å². The van der Waals surface area contributed by atoms with Gasteiger partial charge in [-0.05, 0) is 25.0 Å². The van der Waals surface area contributed by atoms with Crippen LogP contribution in [0.5, 0.6) is 0 Å². The summed E-state index contributed by atoms with van der Waals surface area (Å²) >= 11 is 5.85. The second kappa shape index (κ2) is 6.93. The van der Waals surface area contributed by atoms with Crippen LogP contribution in [0.15, 0.2) is 18.3 Å². The Labute approximate surface area is 162 Å². The number of nitrogens with one attached hydrogen (secondary N) is 2. The van der Waals surface area contributed by atoms with Crippen LogP contribution in [0.25, 0.3) is 0 Å². The summed E-state index contributed by atoms with van der Waals surface area (Å²) in [5.74, 6) is -2.94. The molecule has 2 aromatic heterocycles. The van der Waals surface area contributed by atoms with Gasteiger partial charge >= 0.3 is 6.18 Å². The number of fused-ring (bicyclic) bond motifs is 1. The molecule has 0 unspecified atom stereocenters. The number of nitrogens with zero attached hydrogens (tertiary/aromatic N) is 3. The van der Waals surface area contributed by atoms with Gasteiger partial charge in [0.1, 0.15) is 23.7 Å². The number of H-pyrrole nitrogens is 1. The lowest BCUT2D eigenvalue weighted by Gasteiger charge is -2.34. The predicted octanol–water partition coefficient (Wildman–Crippen LogP) is 2.80. The maximum Gasteiger partial charge on any atom is 0.398 e. The van der Waals surface area contributed by atoms with Gasteiger partial charge in [0, 0.05) is 30.8 Å². The third kappa shape index (κ3) is 3.30. The first-order valence-electron chi connectivity index (χ1n) is 8.76. The van der Waals surface area contributed by atoms with Gasteiger partial charge in [0.2, 0.25) is 0 Å². The summed E-state index contributed by atoms with van der Waals surface area (Å²) in [5, 5.41) is 19.2. The summed E-state index contributed by atoms with van der Waals surface area (Å²) in [4.78, 5) is 18.0. The first-order valence-corrected chi connectivity index (χ1v) is 9.14. The number of amides is 1. The number of pyridine rings is 1. The lowest BCUT2D eigenvalue weighted by molar-refractivity contribution is -0.177. The molecule has 3 N–H and O–H groups in total. The Morgan fingerprint density at radius 1 is 1.25 bits per heavy atom. The normalized spacial score (nSPS) is 23.5. The highest BCUT2D eigenvalue weighted by atomic mass is 35.5. The van der Waals surface area contributed by atoms with Crippen LogP contribution >= 0.6 is 11.6 Å². The third-order valence-corrected chi connectivity index (χ3v) is 5.47. The lowest BCUT2D eigenvalue weighted by Crippen LogP contribution is -2.44. The number of rotatable bonds is 2. The summed E-state index contributed by atoms with van der Waals surface area (Å²) in [6.07, 6.45) is -4.28. The molecule has 2 aliphatic heterocycles. The molecule has 28 heavy (non-hydrogen) atoms. The molecule has 1 fully saturated rings. The number of carbonyl (C=O) groups excluding carboxylic acids is 1. The molecule has 1 saturated heterocycles. The van der Waals surface area contributed by atoms with E-state index in [0.717, 1.165) is 5.82 Å². The largest absolute Gasteiger partial charge is 0.398 e. The van der Waals surface area contributed by atoms with Crippen LogP contribution in [0.4, 0.5) is 24.8 Å². The van der Waals surface area contributed by atoms with Crippen molar-refractivity contribution in [1.29, 1.82) is 0 Å². The van der Waals surface area contributed by atoms with Crippen LogP contribution in [0.1, 0.15) is 35.9 Å². The third-order valence-electron chi connectivity index (χ3n) is 5.25. The molecule has 150 valence electrons. The molecule has 0 spiro atoms. The van der Waals surface area contributed by atoms with Gasteiger partial charge in [-0.15, -0.1) is 0 Å². The van der Waals surface area contributed by atoms with E-state index in [1.807, 2.05) is 4.90 Å². The van der Waals surface area contributed by atoms with E-state index in [2.05, 4.69) is 20.5 Å². The van der Waals surface area contributed by atoms with Crippen molar-refractivity contribution in [1.82, 2.24) is 15.2 Å². The summed E-state index contributed by atoms with van der Waals surface area (Å²) in [7, 11) is 0. The van der Waals surface area contributed by atoms with Crippen molar-refractivity contribution in [2.45, 2.75) is 37.0 Å². The summed E-state index contributed by atoms with van der Waals surface area (Å²) < 4.78 is 40.7. The number of piperidine rings is 1. The molecule has 0 aliphatic carbocycles. The fraction of sp³-hybridized carbons (Fsp3) is 0.471. The molecule has 2 aliphatic rings. The molecule has 7 nitrogen and oxygen atoms in total. The van der Waals surface area contributed by atoms with E-state index >= 15 is 0 Å². The minimum atomic E-state index is -4.77. The Hall–Kier alpha value is -2.33. The van der Waals surface area contributed by atoms with Crippen molar-refractivity contribution in [2.24, 2.45) is 0 Å². The molecule has 0 aromatic carbocycles. The maximum absolute atomic E-state index is 13.6. The smallest absolute Gasteiger partial charge is 0.382 e. The van der Waals surface area contributed by atoms with E-state index in [1.54, 1.807) is 18.3 Å². The van der Waals surface area contributed by atoms with Crippen LogP contribution in [0, 0.1) is 0 Å². The van der Waals surface area contributed by atoms with Gasteiger partial charge in [-0.25, -0.2) is 4.98 Å². The van der Waals surface area contributed by atoms with E-state index in [0.29, 0.717) is 31.0 Å². The minimum absolute atomic E-state index is 0.0885. The summed E-state index contributed by atoms with van der Waals surface area (Å²) in [6.45, 7) is 1.18. The van der Waals surface area contributed by atoms with Crippen molar-refractivity contribution in [2.75, 3.05) is 23.3 Å². The van der Waals surface area contributed by atoms with Gasteiger partial charge < -0.3 is 15.3 Å². The molecule has 2 aromatic rings. The van der Waals surface area contributed by atoms with Crippen LogP contribution in [0.3, 0.4) is 0 Å². The van der Waals surface area contributed by atoms with Crippen molar-refractivity contribution in [3.05, 3.63) is 34.6 Å². The number of aromatic nitrogens is 3. The zero-order chi connectivity index (χ0) is 20.1. The first kappa shape index (κ1) is 19.0. The van der Waals surface area contributed by atoms with Crippen molar-refractivity contribution in [3.63, 3.8) is 0 Å². The number of aliphatic hydroxyl groups is 1. The molecular formula is C17H17ClF3N5O2. The van der Waals surface area contributed by atoms with Crippen molar-refractivity contribution < 1.29 is 23.1 Å². The standard InChI is InChI=1S/C17H17ClF3N5O2/c18-9-1-2-10(22-7-9)26-5-3-8(4-6-26)13-11-12(17(19,20)21)14(27)16(28)23-15(11)25-24-13/h1-2,7-8,12,14,27H,3-6H2,(H2,23,24,25,28)/t12-,14-/m0/s1. The van der Waals surface area contributed by atoms with Crippen LogP contribution in [-0.2, 0) is 4.79 Å². The predicted molar refractivity (Wildman–Crippen MR) is 95.5 cm³/mol. The molecular weight excluding hydrogens is 399 g/mol. The fourth-order valence-corrected chi connectivity index (χ4v) is 3.98. The highest BCUT2D eigenvalue weighted by molar-refractivity contribution is 6.30. The number of aromatic amines is 1. The highest BCUT2D eigenvalue weighted by Gasteiger charge is 2.53. The first-order chi connectivity index (χ1) is 13.3. The minimum Gasteiger partial charge on any atom is -0.382 e. The Morgan fingerprint density at radius 3 is 2.57 bits per heavy atom. The average molecular weight is 416 g/mol. The van der Waals surface area contributed by atoms with Crippen molar-refractivity contribution in [3.8, 4) is 0 Å². The SMILES string of the molecule is O=C1Nc2[nH]nc(C3CCN(c4ccc(Cl)cn4)CC3)c2[C@H](C(F)(F)F)[C@@H]1O. The number of hydrogen-bond donors (Lipinski definition) is 3. The van der Waals surface area contributed by atoms with Gasteiger partial charge in [-0.3, -0.25) is 9.89 Å². The van der Waals surface area contributed by atoms with Crippen LogP contribution in [0.2, 0.25) is 5.02 Å².